The normalized spacial score (nSPS) is 12.4. The fraction of sp³-hybridized carbons (Fsp3) is 0. The summed E-state index contributed by atoms with van der Waals surface area (Å²) in [6.07, 6.45) is 3.32. The first-order valence-electron chi connectivity index (χ1n) is 4.96. The van der Waals surface area contributed by atoms with Crippen LogP contribution in [0.2, 0.25) is 0 Å². The Labute approximate surface area is 99.2 Å². The van der Waals surface area contributed by atoms with Crippen molar-refractivity contribution in [3.63, 3.8) is 0 Å². The van der Waals surface area contributed by atoms with Crippen LogP contribution in [0.15, 0.2) is 54.3 Å². The molecular formula is C14H8N2O. The monoisotopic (exact) mass is 220 g/mol. The molecule has 1 aromatic rings. The molecule has 1 aliphatic heterocycles. The molecule has 0 amide bonds. The lowest BCUT2D eigenvalue weighted by molar-refractivity contribution is 0.436. The van der Waals surface area contributed by atoms with Crippen molar-refractivity contribution < 1.29 is 4.74 Å². The van der Waals surface area contributed by atoms with Gasteiger partial charge in [-0.05, 0) is 17.7 Å². The molecule has 3 nitrogen and oxygen atoms in total. The quantitative estimate of drug-likeness (QED) is 0.683. The third kappa shape index (κ3) is 1.82. The van der Waals surface area contributed by atoms with Gasteiger partial charge in [0.1, 0.15) is 17.9 Å². The fourth-order valence-corrected chi connectivity index (χ4v) is 1.59. The first-order valence-corrected chi connectivity index (χ1v) is 4.96. The summed E-state index contributed by atoms with van der Waals surface area (Å²) >= 11 is 0. The number of nitriles is 2. The van der Waals surface area contributed by atoms with Crippen LogP contribution in [0.25, 0.3) is 5.57 Å². The number of hydrogen-bond donors (Lipinski definition) is 0. The van der Waals surface area contributed by atoms with Crippen LogP contribution < -0.4 is 4.74 Å². The average molecular weight is 220 g/mol. The van der Waals surface area contributed by atoms with Gasteiger partial charge in [0.05, 0.1) is 0 Å². The summed E-state index contributed by atoms with van der Waals surface area (Å²) in [5.41, 5.74) is 1.70. The Balaban J connectivity index is 2.64. The van der Waals surface area contributed by atoms with Gasteiger partial charge in [-0.3, -0.25) is 0 Å². The predicted molar refractivity (Wildman–Crippen MR) is 63.5 cm³/mol. The summed E-state index contributed by atoms with van der Waals surface area (Å²) in [7, 11) is 0. The van der Waals surface area contributed by atoms with Gasteiger partial charge in [-0.25, -0.2) is 0 Å². The number of benzene rings is 1. The van der Waals surface area contributed by atoms with Crippen molar-refractivity contribution in [2.45, 2.75) is 0 Å². The zero-order valence-electron chi connectivity index (χ0n) is 8.97. The first kappa shape index (κ1) is 10.7. The molecule has 0 atom stereocenters. The maximum absolute atomic E-state index is 8.82. The molecule has 0 fully saturated rings. The van der Waals surface area contributed by atoms with E-state index in [0.717, 1.165) is 11.1 Å². The number of rotatable bonds is 1. The Bertz CT molecular complexity index is 608. The second-order valence-corrected chi connectivity index (χ2v) is 3.36. The summed E-state index contributed by atoms with van der Waals surface area (Å²) in [6, 6.07) is 11.0. The average Bonchev–Trinajstić information content (AvgIpc) is 2.39. The maximum Gasteiger partial charge on any atom is 0.172 e. The van der Waals surface area contributed by atoms with E-state index < -0.39 is 0 Å². The highest BCUT2D eigenvalue weighted by Gasteiger charge is 2.17. The van der Waals surface area contributed by atoms with Crippen molar-refractivity contribution in [2.24, 2.45) is 0 Å². The van der Waals surface area contributed by atoms with Gasteiger partial charge in [0.2, 0.25) is 0 Å². The molecule has 0 unspecified atom stereocenters. The molecule has 0 spiro atoms. The van der Waals surface area contributed by atoms with Gasteiger partial charge in [-0.2, -0.15) is 10.5 Å². The van der Waals surface area contributed by atoms with Gasteiger partial charge < -0.3 is 4.74 Å². The number of nitrogens with zero attached hydrogens (tertiary/aromatic N) is 2. The van der Waals surface area contributed by atoms with Crippen LogP contribution >= 0.6 is 0 Å². The van der Waals surface area contributed by atoms with Gasteiger partial charge in [0, 0.05) is 5.56 Å². The third-order valence-electron chi connectivity index (χ3n) is 2.39. The molecule has 80 valence electrons. The molecule has 0 aliphatic carbocycles. The highest BCUT2D eigenvalue weighted by Crippen LogP contribution is 2.34. The first-order chi connectivity index (χ1) is 8.30. The van der Waals surface area contributed by atoms with Gasteiger partial charge >= 0.3 is 0 Å². The van der Waals surface area contributed by atoms with Gasteiger partial charge in [-0.1, -0.05) is 30.9 Å². The predicted octanol–water partition coefficient (Wildman–Crippen LogP) is 2.95. The number of hydrogen-bond acceptors (Lipinski definition) is 3. The molecule has 3 heteroatoms. The lowest BCUT2D eigenvalue weighted by Gasteiger charge is -2.18. The second kappa shape index (κ2) is 4.38. The van der Waals surface area contributed by atoms with Crippen molar-refractivity contribution in [2.75, 3.05) is 0 Å². The molecule has 0 saturated carbocycles. The minimum atomic E-state index is -0.0427. The van der Waals surface area contributed by atoms with Crippen molar-refractivity contribution in [3.8, 4) is 17.9 Å². The zero-order chi connectivity index (χ0) is 12.3. The van der Waals surface area contributed by atoms with Crippen LogP contribution in [0, 0.1) is 22.7 Å². The van der Waals surface area contributed by atoms with E-state index in [1.165, 1.54) is 0 Å². The van der Waals surface area contributed by atoms with E-state index in [4.69, 9.17) is 15.3 Å². The van der Waals surface area contributed by atoms with E-state index in [-0.39, 0.29) is 11.3 Å². The van der Waals surface area contributed by atoms with E-state index >= 15 is 0 Å². The van der Waals surface area contributed by atoms with Crippen LogP contribution in [-0.2, 0) is 0 Å². The van der Waals surface area contributed by atoms with Crippen molar-refractivity contribution >= 4 is 5.57 Å². The summed E-state index contributed by atoms with van der Waals surface area (Å²) in [4.78, 5) is 0. The van der Waals surface area contributed by atoms with Gasteiger partial charge in [-0.15, -0.1) is 0 Å². The summed E-state index contributed by atoms with van der Waals surface area (Å²) in [5.74, 6) is 0.895. The second-order valence-electron chi connectivity index (χ2n) is 3.36. The molecule has 0 aromatic heterocycles. The molecule has 17 heavy (non-hydrogen) atoms. The van der Waals surface area contributed by atoms with E-state index in [0.29, 0.717) is 5.75 Å². The number of allylic oxidation sites excluding steroid dienone is 4. The molecule has 2 rings (SSSR count). The Morgan fingerprint density at radius 3 is 2.59 bits per heavy atom. The Morgan fingerprint density at radius 1 is 1.24 bits per heavy atom. The summed E-state index contributed by atoms with van der Waals surface area (Å²) in [5, 5.41) is 17.6. The molecule has 0 bridgehead atoms. The zero-order valence-corrected chi connectivity index (χ0v) is 8.97. The van der Waals surface area contributed by atoms with E-state index in [9.17, 15) is 0 Å². The molecule has 1 aromatic carbocycles. The lowest BCUT2D eigenvalue weighted by Crippen LogP contribution is -2.04. The Hall–Kier alpha value is -2.78. The largest absolute Gasteiger partial charge is 0.455 e. The van der Waals surface area contributed by atoms with E-state index in [1.54, 1.807) is 18.2 Å². The highest BCUT2D eigenvalue weighted by molar-refractivity contribution is 5.81. The van der Waals surface area contributed by atoms with Gasteiger partial charge in [0.15, 0.2) is 11.3 Å². The fourth-order valence-electron chi connectivity index (χ4n) is 1.59. The smallest absolute Gasteiger partial charge is 0.172 e. The molecule has 1 heterocycles. The minimum Gasteiger partial charge on any atom is -0.455 e. The standard InChI is InChI=1S/C14H8N2O/c1-2-10-7-14(11(8-15)9-16)17-13-6-4-3-5-12(10)13/h2-7H,1H2. The van der Waals surface area contributed by atoms with E-state index in [2.05, 4.69) is 6.58 Å². The maximum atomic E-state index is 8.82. The van der Waals surface area contributed by atoms with Gasteiger partial charge in [0.25, 0.3) is 0 Å². The minimum absolute atomic E-state index is 0.0427. The van der Waals surface area contributed by atoms with Crippen molar-refractivity contribution in [3.05, 3.63) is 59.9 Å². The van der Waals surface area contributed by atoms with Crippen molar-refractivity contribution in [1.82, 2.24) is 0 Å². The van der Waals surface area contributed by atoms with Crippen LogP contribution in [0.5, 0.6) is 5.75 Å². The van der Waals surface area contributed by atoms with Crippen molar-refractivity contribution in [1.29, 1.82) is 10.5 Å². The Kier molecular flexibility index (Phi) is 2.77. The van der Waals surface area contributed by atoms with Crippen LogP contribution in [0.1, 0.15) is 5.56 Å². The summed E-state index contributed by atoms with van der Waals surface area (Å²) in [6.45, 7) is 3.72. The van der Waals surface area contributed by atoms with Crippen LogP contribution in [0.3, 0.4) is 0 Å². The molecular weight excluding hydrogens is 212 g/mol. The van der Waals surface area contributed by atoms with Crippen LogP contribution in [0.4, 0.5) is 0 Å². The number of para-hydroxylation sites is 1. The molecule has 0 radical (unpaired) electrons. The lowest BCUT2D eigenvalue weighted by atomic mass is 10.0. The number of ether oxygens (including phenoxy) is 1. The summed E-state index contributed by atoms with van der Waals surface area (Å²) < 4.78 is 5.52. The molecule has 1 aliphatic rings. The third-order valence-corrected chi connectivity index (χ3v) is 2.39. The Morgan fingerprint density at radius 2 is 1.94 bits per heavy atom. The van der Waals surface area contributed by atoms with E-state index in [1.807, 2.05) is 30.3 Å². The molecule has 0 saturated heterocycles. The SMILES string of the molecule is C=CC1=CC(=C(C#N)C#N)Oc2ccccc21. The topological polar surface area (TPSA) is 56.8 Å². The molecule has 0 N–H and O–H groups in total. The van der Waals surface area contributed by atoms with Crippen LogP contribution in [-0.4, -0.2) is 0 Å². The number of fused-ring (bicyclic) bond motifs is 1. The highest BCUT2D eigenvalue weighted by atomic mass is 16.5.